The second-order valence-corrected chi connectivity index (χ2v) is 19.1. The van der Waals surface area contributed by atoms with E-state index >= 15 is 4.11 Å². The van der Waals surface area contributed by atoms with Crippen LogP contribution in [0.25, 0.3) is 0 Å². The van der Waals surface area contributed by atoms with E-state index in [4.69, 9.17) is 9.47 Å². The Labute approximate surface area is 316 Å². The zero-order valence-corrected chi connectivity index (χ0v) is 32.2. The van der Waals surface area contributed by atoms with Gasteiger partial charge in [-0.15, -0.1) is 5.10 Å². The summed E-state index contributed by atoms with van der Waals surface area (Å²) in [7, 11) is -3.36. The van der Waals surface area contributed by atoms with Gasteiger partial charge in [-0.1, -0.05) is 64.5 Å². The summed E-state index contributed by atoms with van der Waals surface area (Å²) >= 11 is 3.62. The lowest BCUT2D eigenvalue weighted by atomic mass is 9.82. The third kappa shape index (κ3) is 6.09. The summed E-state index contributed by atoms with van der Waals surface area (Å²) in [6.45, 7) is 5.99. The molecular formula is C40H39BrFN5O5Si. The number of aliphatic hydroxyl groups excluding tert-OH is 1. The van der Waals surface area contributed by atoms with Gasteiger partial charge in [-0.3, -0.25) is 19.2 Å². The minimum atomic E-state index is -3.36. The molecule has 0 aliphatic carbocycles. The number of rotatable bonds is 9. The first-order chi connectivity index (χ1) is 25.5. The van der Waals surface area contributed by atoms with Crippen molar-refractivity contribution < 1.29 is 28.3 Å². The predicted octanol–water partition coefficient (Wildman–Crippen LogP) is 8.07. The third-order valence-electron chi connectivity index (χ3n) is 10.7. The van der Waals surface area contributed by atoms with E-state index in [1.807, 2.05) is 85.8 Å². The van der Waals surface area contributed by atoms with Gasteiger partial charge < -0.3 is 23.6 Å². The highest BCUT2D eigenvalue weighted by Gasteiger charge is 2.66. The molecule has 4 aromatic carbocycles. The molecule has 0 radical (unpaired) electrons. The first kappa shape index (κ1) is 35.3. The Bertz CT molecular complexity index is 2210. The molecule has 4 atom stereocenters. The van der Waals surface area contributed by atoms with Crippen LogP contribution >= 0.6 is 15.9 Å². The van der Waals surface area contributed by atoms with Crippen molar-refractivity contribution in [1.82, 2.24) is 15.0 Å². The largest absolute Gasteiger partial charge is 0.454 e. The minimum absolute atomic E-state index is 0.0248. The number of halogens is 2. The van der Waals surface area contributed by atoms with E-state index in [9.17, 15) is 14.7 Å². The molecule has 2 amide bonds. The molecule has 1 fully saturated rings. The van der Waals surface area contributed by atoms with Gasteiger partial charge in [0.25, 0.3) is 11.8 Å². The number of aromatic nitrogens is 3. The fourth-order valence-electron chi connectivity index (χ4n) is 8.38. The van der Waals surface area contributed by atoms with Crippen LogP contribution in [0.4, 0.5) is 21.2 Å². The lowest BCUT2D eigenvalue weighted by molar-refractivity contribution is -0.146. The van der Waals surface area contributed by atoms with Crippen LogP contribution < -0.4 is 14.5 Å². The second-order valence-electron chi connectivity index (χ2n) is 14.4. The summed E-state index contributed by atoms with van der Waals surface area (Å²) in [5.74, 6) is 0.198. The highest BCUT2D eigenvalue weighted by Crippen LogP contribution is 2.60. The molecule has 1 aromatic heterocycles. The van der Waals surface area contributed by atoms with Crippen molar-refractivity contribution in [3.05, 3.63) is 124 Å². The van der Waals surface area contributed by atoms with E-state index < -0.39 is 31.6 Å². The van der Waals surface area contributed by atoms with E-state index in [0.29, 0.717) is 53.5 Å². The summed E-state index contributed by atoms with van der Waals surface area (Å²) in [6.07, 6.45) is 2.11. The molecule has 8 rings (SSSR count). The van der Waals surface area contributed by atoms with Gasteiger partial charge in [0.15, 0.2) is 11.4 Å². The van der Waals surface area contributed by atoms with Crippen LogP contribution in [0.5, 0.6) is 11.5 Å². The number of nitrogens with zero attached hydrogens (tertiary/aromatic N) is 5. The maximum Gasteiger partial charge on any atom is 0.266 e. The molecule has 3 aliphatic rings. The minimum Gasteiger partial charge on any atom is -0.454 e. The highest BCUT2D eigenvalue weighted by atomic mass is 79.9. The lowest BCUT2D eigenvalue weighted by Gasteiger charge is -2.31. The van der Waals surface area contributed by atoms with Gasteiger partial charge in [-0.25, -0.2) is 0 Å². The second kappa shape index (κ2) is 13.6. The Kier molecular flexibility index (Phi) is 9.08. The number of carbonyl (C=O) groups excluding carboxylic acids is 2. The molecule has 13 heteroatoms. The monoisotopic (exact) mass is 795 g/mol. The number of benzene rings is 4. The van der Waals surface area contributed by atoms with Crippen LogP contribution in [0.2, 0.25) is 18.6 Å². The van der Waals surface area contributed by atoms with Crippen LogP contribution in [-0.2, 0) is 34.6 Å². The average Bonchev–Trinajstić information content (AvgIpc) is 3.75. The number of anilines is 3. The van der Waals surface area contributed by atoms with Gasteiger partial charge in [0.05, 0.1) is 35.3 Å². The fourth-order valence-corrected chi connectivity index (χ4v) is 11.3. The van der Waals surface area contributed by atoms with Crippen LogP contribution in [0, 0.1) is 5.92 Å². The van der Waals surface area contributed by atoms with Crippen molar-refractivity contribution in [3.8, 4) is 11.5 Å². The van der Waals surface area contributed by atoms with E-state index in [1.54, 1.807) is 45.9 Å². The van der Waals surface area contributed by atoms with Crippen molar-refractivity contribution >= 4 is 53.2 Å². The molecule has 4 heterocycles. The number of aliphatic hydroxyl groups is 1. The van der Waals surface area contributed by atoms with Crippen molar-refractivity contribution in [3.63, 3.8) is 0 Å². The quantitative estimate of drug-likeness (QED) is 0.119. The van der Waals surface area contributed by atoms with Gasteiger partial charge in [0.1, 0.15) is 5.75 Å². The van der Waals surface area contributed by atoms with E-state index in [2.05, 4.69) is 26.2 Å². The number of hydrogen-bond acceptors (Lipinski definition) is 7. The molecule has 1 N–H and O–H groups in total. The van der Waals surface area contributed by atoms with Crippen LogP contribution in [0.15, 0.2) is 102 Å². The molecule has 1 saturated heterocycles. The SMILES string of the molecule is C[C@H]1[C@H]([Si](C)(C)F)[C@@H](CCn2cc(CCO)nn2)O[C@]12C(=O)N(Cc1ccc(N3C(=O)c4ccccc4Oc4ccccc43)cc1)c1ccc(Br)cc12. The van der Waals surface area contributed by atoms with Crippen molar-refractivity contribution in [1.29, 1.82) is 0 Å². The number of para-hydroxylation sites is 3. The van der Waals surface area contributed by atoms with Gasteiger partial charge >= 0.3 is 0 Å². The fraction of sp³-hybridized carbons (Fsp3) is 0.300. The molecule has 10 nitrogen and oxygen atoms in total. The predicted molar refractivity (Wildman–Crippen MR) is 205 cm³/mol. The van der Waals surface area contributed by atoms with Gasteiger partial charge in [0, 0.05) is 53.0 Å². The molecule has 53 heavy (non-hydrogen) atoms. The number of fused-ring (bicyclic) bond motifs is 4. The van der Waals surface area contributed by atoms with Crippen molar-refractivity contribution in [2.45, 2.75) is 63.2 Å². The first-order valence-electron chi connectivity index (χ1n) is 17.8. The standard InChI is InChI=1S/C40H39BrFN5O5Si/c1-25-37(53(2,3)42)36(18-20-45-24-28(19-21-48)43-44-45)52-40(25)31-22-27(41)14-17-32(31)46(39(40)50)23-26-12-15-29(16-13-26)47-33-9-5-7-11-35(33)51-34-10-6-4-8-30(34)38(47)49/h4-17,22,24-25,36-37,48H,18-21,23H2,1-3H3/t25-,36+,37-,40+/m0/s1. The number of carbonyl (C=O) groups is 2. The zero-order chi connectivity index (χ0) is 37.1. The number of aryl methyl sites for hydroxylation is 1. The number of ether oxygens (including phenoxy) is 2. The molecule has 1 spiro atoms. The van der Waals surface area contributed by atoms with Gasteiger partial charge in [0.2, 0.25) is 8.41 Å². The van der Waals surface area contributed by atoms with Crippen molar-refractivity contribution in [2.75, 3.05) is 16.4 Å². The molecular weight excluding hydrogens is 757 g/mol. The summed E-state index contributed by atoms with van der Waals surface area (Å²) in [4.78, 5) is 32.2. The van der Waals surface area contributed by atoms with Crippen molar-refractivity contribution in [2.24, 2.45) is 5.92 Å². The Hall–Kier alpha value is -4.69. The molecule has 0 unspecified atom stereocenters. The average molecular weight is 797 g/mol. The topological polar surface area (TPSA) is 110 Å². The smallest absolute Gasteiger partial charge is 0.266 e. The summed E-state index contributed by atoms with van der Waals surface area (Å²) in [5.41, 5.74) is 2.89. The van der Waals surface area contributed by atoms with E-state index in [0.717, 1.165) is 21.3 Å². The number of hydrogen-bond donors (Lipinski definition) is 1. The van der Waals surface area contributed by atoms with Gasteiger partial charge in [-0.2, -0.15) is 0 Å². The Balaban J connectivity index is 1.10. The molecule has 3 aliphatic heterocycles. The molecule has 5 aromatic rings. The molecule has 272 valence electrons. The maximum absolute atomic E-state index is 16.3. The Morgan fingerprint density at radius 1 is 0.962 bits per heavy atom. The van der Waals surface area contributed by atoms with Gasteiger partial charge in [-0.05, 0) is 79.7 Å². The summed E-state index contributed by atoms with van der Waals surface area (Å²) in [5, 5.41) is 17.6. The Morgan fingerprint density at radius 3 is 2.45 bits per heavy atom. The summed E-state index contributed by atoms with van der Waals surface area (Å²) < 4.78 is 31.9. The maximum atomic E-state index is 16.3. The summed E-state index contributed by atoms with van der Waals surface area (Å²) in [6, 6.07) is 28.0. The molecule has 0 saturated carbocycles. The van der Waals surface area contributed by atoms with Crippen LogP contribution in [0.3, 0.4) is 0 Å². The lowest BCUT2D eigenvalue weighted by Crippen LogP contribution is -2.45. The number of amides is 2. The first-order valence-corrected chi connectivity index (χ1v) is 21.5. The highest BCUT2D eigenvalue weighted by molar-refractivity contribution is 9.10. The Morgan fingerprint density at radius 2 is 1.70 bits per heavy atom. The normalized spacial score (nSPS) is 22.1. The van der Waals surface area contributed by atoms with E-state index in [-0.39, 0.29) is 25.0 Å². The zero-order valence-electron chi connectivity index (χ0n) is 29.6. The van der Waals surface area contributed by atoms with Crippen LogP contribution in [0.1, 0.15) is 40.5 Å². The third-order valence-corrected chi connectivity index (χ3v) is 13.7. The van der Waals surface area contributed by atoms with Crippen LogP contribution in [-0.4, -0.2) is 53.0 Å². The molecule has 0 bridgehead atoms. The van der Waals surface area contributed by atoms with E-state index in [1.165, 1.54) is 0 Å².